The van der Waals surface area contributed by atoms with Crippen LogP contribution in [0.15, 0.2) is 24.5 Å². The van der Waals surface area contributed by atoms with E-state index < -0.39 is 6.10 Å². The van der Waals surface area contributed by atoms with Crippen molar-refractivity contribution in [1.29, 1.82) is 0 Å². The fraction of sp³-hybridized carbons (Fsp3) is 0.500. The van der Waals surface area contributed by atoms with Crippen LogP contribution in [0.5, 0.6) is 0 Å². The summed E-state index contributed by atoms with van der Waals surface area (Å²) in [7, 11) is 0. The van der Waals surface area contributed by atoms with E-state index >= 15 is 0 Å². The molecule has 3 heterocycles. The van der Waals surface area contributed by atoms with Gasteiger partial charge in [-0.05, 0) is 62.0 Å². The summed E-state index contributed by atoms with van der Waals surface area (Å²) in [5.41, 5.74) is 4.55. The van der Waals surface area contributed by atoms with Gasteiger partial charge in [-0.15, -0.1) is 0 Å². The number of benzene rings is 1. The molecular weight excluding hydrogens is 348 g/mol. The lowest BCUT2D eigenvalue weighted by Crippen LogP contribution is -2.42. The summed E-state index contributed by atoms with van der Waals surface area (Å²) in [5.74, 6) is 1.22. The van der Waals surface area contributed by atoms with Crippen molar-refractivity contribution < 1.29 is 5.11 Å². The van der Waals surface area contributed by atoms with Gasteiger partial charge in [-0.25, -0.2) is 9.97 Å². The summed E-state index contributed by atoms with van der Waals surface area (Å²) in [5, 5.41) is 14.6. The smallest absolute Gasteiger partial charge is 0.140 e. The van der Waals surface area contributed by atoms with Crippen molar-refractivity contribution in [3.63, 3.8) is 0 Å². The van der Waals surface area contributed by atoms with Crippen LogP contribution in [0.4, 0.5) is 11.5 Å². The molecule has 1 fully saturated rings. The third-order valence-corrected chi connectivity index (χ3v) is 6.61. The number of nitrogens with one attached hydrogen (secondary N) is 1. The van der Waals surface area contributed by atoms with Crippen molar-refractivity contribution in [2.75, 3.05) is 24.5 Å². The second-order valence-corrected chi connectivity index (χ2v) is 8.36. The van der Waals surface area contributed by atoms with Crippen molar-refractivity contribution in [1.82, 2.24) is 15.3 Å². The predicted molar refractivity (Wildman–Crippen MR) is 102 cm³/mol. The van der Waals surface area contributed by atoms with Crippen LogP contribution in [0.25, 0.3) is 0 Å². The molecule has 5 rings (SSSR count). The molecule has 5 nitrogen and oxygen atoms in total. The first-order valence-corrected chi connectivity index (χ1v) is 9.78. The van der Waals surface area contributed by atoms with E-state index in [1.807, 2.05) is 6.07 Å². The molecule has 2 aliphatic heterocycles. The van der Waals surface area contributed by atoms with Crippen molar-refractivity contribution in [2.24, 2.45) is 0 Å². The molecule has 1 aliphatic carbocycles. The maximum absolute atomic E-state index is 10.4. The molecule has 2 aromatic rings. The molecule has 1 aromatic heterocycles. The van der Waals surface area contributed by atoms with E-state index in [9.17, 15) is 5.11 Å². The Bertz CT molecular complexity index is 865. The summed E-state index contributed by atoms with van der Waals surface area (Å²) < 4.78 is 0. The van der Waals surface area contributed by atoms with E-state index in [1.165, 1.54) is 11.3 Å². The van der Waals surface area contributed by atoms with E-state index in [2.05, 4.69) is 39.2 Å². The van der Waals surface area contributed by atoms with Crippen LogP contribution in [0.1, 0.15) is 55.0 Å². The first kappa shape index (κ1) is 16.5. The van der Waals surface area contributed by atoms with Crippen LogP contribution >= 0.6 is 11.6 Å². The minimum Gasteiger partial charge on any atom is -0.387 e. The van der Waals surface area contributed by atoms with Crippen LogP contribution in [-0.2, 0) is 5.41 Å². The molecule has 0 unspecified atom stereocenters. The molecule has 3 aliphatic rings. The summed E-state index contributed by atoms with van der Waals surface area (Å²) in [6.07, 6.45) is 4.03. The lowest BCUT2D eigenvalue weighted by molar-refractivity contribution is 0.170. The monoisotopic (exact) mass is 370 g/mol. The molecule has 2 N–H and O–H groups in total. The van der Waals surface area contributed by atoms with E-state index in [1.54, 1.807) is 6.33 Å². The number of hydrogen-bond donors (Lipinski definition) is 2. The molecule has 0 bridgehead atoms. The van der Waals surface area contributed by atoms with Crippen LogP contribution < -0.4 is 10.2 Å². The Kier molecular flexibility index (Phi) is 3.75. The second kappa shape index (κ2) is 5.91. The van der Waals surface area contributed by atoms with E-state index in [-0.39, 0.29) is 11.3 Å². The molecule has 1 aromatic carbocycles. The lowest BCUT2D eigenvalue weighted by atomic mass is 9.75. The first-order valence-electron chi connectivity index (χ1n) is 9.40. The maximum Gasteiger partial charge on any atom is 0.140 e. The van der Waals surface area contributed by atoms with Crippen LogP contribution in [0.3, 0.4) is 0 Å². The van der Waals surface area contributed by atoms with Gasteiger partial charge in [0.05, 0.1) is 11.8 Å². The van der Waals surface area contributed by atoms with Crippen molar-refractivity contribution in [3.8, 4) is 0 Å². The Balaban J connectivity index is 1.67. The molecule has 0 radical (unpaired) electrons. The van der Waals surface area contributed by atoms with Gasteiger partial charge in [0, 0.05) is 28.2 Å². The SMILES string of the molecule is C[C@@H]1C[C@H](O)c2ncnc(N3CC4(CCNCC4)c4cc(Cl)ccc43)c21. The predicted octanol–water partition coefficient (Wildman–Crippen LogP) is 3.44. The number of hydrogen-bond acceptors (Lipinski definition) is 5. The Labute approximate surface area is 158 Å². The summed E-state index contributed by atoms with van der Waals surface area (Å²) in [6.45, 7) is 5.12. The summed E-state index contributed by atoms with van der Waals surface area (Å²) in [4.78, 5) is 11.4. The zero-order chi connectivity index (χ0) is 17.9. The highest BCUT2D eigenvalue weighted by Gasteiger charge is 2.45. The number of aromatic nitrogens is 2. The Hall–Kier alpha value is -1.69. The summed E-state index contributed by atoms with van der Waals surface area (Å²) in [6, 6.07) is 6.23. The third kappa shape index (κ3) is 2.30. The number of aliphatic hydroxyl groups is 1. The average Bonchev–Trinajstić information content (AvgIpc) is 3.11. The Morgan fingerprint density at radius 3 is 2.88 bits per heavy atom. The van der Waals surface area contributed by atoms with Gasteiger partial charge in [0.15, 0.2) is 0 Å². The number of fused-ring (bicyclic) bond motifs is 3. The Morgan fingerprint density at radius 1 is 1.27 bits per heavy atom. The number of piperidine rings is 1. The van der Waals surface area contributed by atoms with E-state index in [0.717, 1.165) is 61.0 Å². The topological polar surface area (TPSA) is 61.3 Å². The molecule has 2 atom stereocenters. The number of anilines is 2. The fourth-order valence-corrected chi connectivity index (χ4v) is 5.25. The first-order chi connectivity index (χ1) is 12.6. The zero-order valence-corrected chi connectivity index (χ0v) is 15.6. The molecule has 6 heteroatoms. The van der Waals surface area contributed by atoms with Crippen molar-refractivity contribution in [3.05, 3.63) is 46.4 Å². The van der Waals surface area contributed by atoms with Crippen LogP contribution in [0.2, 0.25) is 5.02 Å². The average molecular weight is 371 g/mol. The number of rotatable bonds is 1. The third-order valence-electron chi connectivity index (χ3n) is 6.38. The van der Waals surface area contributed by atoms with E-state index in [0.29, 0.717) is 0 Å². The molecule has 136 valence electrons. The second-order valence-electron chi connectivity index (χ2n) is 7.93. The van der Waals surface area contributed by atoms with Gasteiger partial charge in [0.25, 0.3) is 0 Å². The van der Waals surface area contributed by atoms with Gasteiger partial charge in [0.1, 0.15) is 12.1 Å². The zero-order valence-electron chi connectivity index (χ0n) is 14.9. The van der Waals surface area contributed by atoms with Crippen molar-refractivity contribution in [2.45, 2.75) is 43.6 Å². The highest BCUT2D eigenvalue weighted by atomic mass is 35.5. The highest BCUT2D eigenvalue weighted by molar-refractivity contribution is 6.30. The van der Waals surface area contributed by atoms with Gasteiger partial charge >= 0.3 is 0 Å². The van der Waals surface area contributed by atoms with Crippen LogP contribution in [-0.4, -0.2) is 34.7 Å². The van der Waals surface area contributed by atoms with E-state index in [4.69, 9.17) is 11.6 Å². The largest absolute Gasteiger partial charge is 0.387 e. The molecule has 26 heavy (non-hydrogen) atoms. The standard InChI is InChI=1S/C20H23ClN4O/c1-12-8-16(26)18-17(12)19(24-11-23-18)25-10-20(4-6-22-7-5-20)14-9-13(21)2-3-15(14)25/h2-3,9,11-12,16,22,26H,4-8,10H2,1H3/t12-,16+/m1/s1. The Morgan fingerprint density at radius 2 is 2.08 bits per heavy atom. The number of aliphatic hydroxyl groups excluding tert-OH is 1. The molecular formula is C20H23ClN4O. The minimum atomic E-state index is -0.484. The molecule has 1 spiro atoms. The van der Waals surface area contributed by atoms with Gasteiger partial charge in [-0.1, -0.05) is 18.5 Å². The lowest BCUT2D eigenvalue weighted by Gasteiger charge is -2.35. The normalized spacial score (nSPS) is 26.2. The minimum absolute atomic E-state index is 0.115. The van der Waals surface area contributed by atoms with Crippen molar-refractivity contribution >= 4 is 23.1 Å². The fourth-order valence-electron chi connectivity index (χ4n) is 5.08. The molecule has 1 saturated heterocycles. The van der Waals surface area contributed by atoms with Gasteiger partial charge in [-0.3, -0.25) is 0 Å². The quantitative estimate of drug-likeness (QED) is 0.805. The number of halogens is 1. The van der Waals surface area contributed by atoms with Gasteiger partial charge in [0.2, 0.25) is 0 Å². The maximum atomic E-state index is 10.4. The van der Waals surface area contributed by atoms with Gasteiger partial charge < -0.3 is 15.3 Å². The summed E-state index contributed by atoms with van der Waals surface area (Å²) >= 11 is 6.36. The number of nitrogens with zero attached hydrogens (tertiary/aromatic N) is 3. The molecule has 0 saturated carbocycles. The highest BCUT2D eigenvalue weighted by Crippen LogP contribution is 2.52. The van der Waals surface area contributed by atoms with Crippen LogP contribution in [0, 0.1) is 0 Å². The molecule has 0 amide bonds. The van der Waals surface area contributed by atoms with Gasteiger partial charge in [-0.2, -0.15) is 0 Å².